The number of rotatable bonds is 3. The van der Waals surface area contributed by atoms with Crippen molar-refractivity contribution in [3.8, 4) is 6.07 Å². The van der Waals surface area contributed by atoms with E-state index >= 15 is 0 Å². The molecule has 0 amide bonds. The molecular formula is C17H13Cl2N3S. The van der Waals surface area contributed by atoms with Crippen molar-refractivity contribution >= 4 is 58.0 Å². The second-order valence-corrected chi connectivity index (χ2v) is 5.99. The highest BCUT2D eigenvalue weighted by Crippen LogP contribution is 2.31. The average molecular weight is 362 g/mol. The van der Waals surface area contributed by atoms with Crippen LogP contribution in [0.25, 0.3) is 10.9 Å². The molecule has 3 aromatic rings. The molecule has 23 heavy (non-hydrogen) atoms. The van der Waals surface area contributed by atoms with Crippen LogP contribution in [0, 0.1) is 11.3 Å². The fourth-order valence-corrected chi connectivity index (χ4v) is 2.86. The summed E-state index contributed by atoms with van der Waals surface area (Å²) in [6.07, 6.45) is 3.61. The zero-order valence-electron chi connectivity index (χ0n) is 12.2. The number of thioether (sulfide) groups is 1. The van der Waals surface area contributed by atoms with Crippen molar-refractivity contribution in [2.45, 2.75) is 4.90 Å². The van der Waals surface area contributed by atoms with Crippen molar-refractivity contribution in [1.29, 1.82) is 5.26 Å². The maximum absolute atomic E-state index is 9.36. The minimum absolute atomic E-state index is 0. The lowest BCUT2D eigenvalue weighted by molar-refractivity contribution is 1.36. The van der Waals surface area contributed by atoms with Crippen molar-refractivity contribution < 1.29 is 0 Å². The summed E-state index contributed by atoms with van der Waals surface area (Å²) in [6.45, 7) is 0. The van der Waals surface area contributed by atoms with E-state index in [1.165, 1.54) is 0 Å². The largest absolute Gasteiger partial charge is 0.354 e. The molecule has 0 saturated heterocycles. The number of pyridine rings is 1. The molecular weight excluding hydrogens is 349 g/mol. The predicted octanol–water partition coefficient (Wildman–Crippen LogP) is 5.65. The van der Waals surface area contributed by atoms with Crippen molar-refractivity contribution in [3.05, 3.63) is 59.2 Å². The third-order valence-corrected chi connectivity index (χ3v) is 4.25. The summed E-state index contributed by atoms with van der Waals surface area (Å²) in [7, 11) is 0. The van der Waals surface area contributed by atoms with E-state index in [2.05, 4.69) is 16.4 Å². The Bertz CT molecular complexity index is 891. The number of aromatic nitrogens is 1. The van der Waals surface area contributed by atoms with Crippen LogP contribution in [0.1, 0.15) is 5.56 Å². The Labute approximate surface area is 150 Å². The van der Waals surface area contributed by atoms with E-state index < -0.39 is 0 Å². The van der Waals surface area contributed by atoms with Gasteiger partial charge in [0.15, 0.2) is 0 Å². The lowest BCUT2D eigenvalue weighted by atomic mass is 10.1. The number of benzene rings is 2. The van der Waals surface area contributed by atoms with Crippen LogP contribution < -0.4 is 5.32 Å². The molecule has 2 aromatic carbocycles. The van der Waals surface area contributed by atoms with Crippen molar-refractivity contribution in [2.24, 2.45) is 0 Å². The molecule has 1 N–H and O–H groups in total. The molecule has 0 aliphatic rings. The lowest BCUT2D eigenvalue weighted by Gasteiger charge is -2.12. The summed E-state index contributed by atoms with van der Waals surface area (Å²) >= 11 is 7.77. The van der Waals surface area contributed by atoms with E-state index in [4.69, 9.17) is 11.6 Å². The summed E-state index contributed by atoms with van der Waals surface area (Å²) in [5.41, 5.74) is 2.94. The summed E-state index contributed by atoms with van der Waals surface area (Å²) in [5.74, 6) is 0. The fraction of sp³-hybridized carbons (Fsp3) is 0.0588. The Balaban J connectivity index is 0.00000192. The van der Waals surface area contributed by atoms with Gasteiger partial charge in [0.05, 0.1) is 16.8 Å². The normalized spacial score (nSPS) is 9.96. The van der Waals surface area contributed by atoms with Crippen LogP contribution in [0.2, 0.25) is 5.02 Å². The first-order valence-electron chi connectivity index (χ1n) is 6.60. The van der Waals surface area contributed by atoms with Gasteiger partial charge >= 0.3 is 0 Å². The Hall–Kier alpha value is -1.93. The van der Waals surface area contributed by atoms with Gasteiger partial charge in [-0.15, -0.1) is 24.2 Å². The molecule has 1 aromatic heterocycles. The van der Waals surface area contributed by atoms with Gasteiger partial charge in [-0.05, 0) is 42.7 Å². The van der Waals surface area contributed by atoms with Gasteiger partial charge in [-0.3, -0.25) is 4.98 Å². The van der Waals surface area contributed by atoms with Gasteiger partial charge in [0, 0.05) is 27.2 Å². The summed E-state index contributed by atoms with van der Waals surface area (Å²) in [5, 5.41) is 14.1. The number of halogens is 2. The average Bonchev–Trinajstić information content (AvgIpc) is 2.55. The van der Waals surface area contributed by atoms with Crippen LogP contribution in [-0.4, -0.2) is 11.2 Å². The molecule has 1 heterocycles. The van der Waals surface area contributed by atoms with Crippen LogP contribution in [0.15, 0.2) is 53.6 Å². The van der Waals surface area contributed by atoms with Gasteiger partial charge < -0.3 is 5.32 Å². The van der Waals surface area contributed by atoms with Crippen molar-refractivity contribution in [1.82, 2.24) is 4.98 Å². The molecule has 3 rings (SSSR count). The molecule has 3 nitrogen and oxygen atoms in total. The third-order valence-electron chi connectivity index (χ3n) is 3.29. The Kier molecular flexibility index (Phi) is 5.73. The standard InChI is InChI=1S/C17H12ClN3S.ClH/c1-22-14-4-2-3-13(8-14)21-17-11(9-19)10-20-16-6-5-12(18)7-15(16)17;/h2-8,10H,1H3,(H,20,21);1H. The molecule has 0 saturated carbocycles. The number of nitriles is 1. The summed E-state index contributed by atoms with van der Waals surface area (Å²) in [4.78, 5) is 5.46. The Morgan fingerprint density at radius 3 is 2.78 bits per heavy atom. The molecule has 6 heteroatoms. The zero-order valence-corrected chi connectivity index (χ0v) is 14.6. The van der Waals surface area contributed by atoms with Gasteiger partial charge in [-0.25, -0.2) is 0 Å². The molecule has 0 atom stereocenters. The first-order valence-corrected chi connectivity index (χ1v) is 8.21. The quantitative estimate of drug-likeness (QED) is 0.612. The molecule has 0 unspecified atom stereocenters. The minimum Gasteiger partial charge on any atom is -0.354 e. The predicted molar refractivity (Wildman–Crippen MR) is 100 cm³/mol. The molecule has 116 valence electrons. The summed E-state index contributed by atoms with van der Waals surface area (Å²) in [6, 6.07) is 15.7. The lowest BCUT2D eigenvalue weighted by Crippen LogP contribution is -1.97. The van der Waals surface area contributed by atoms with E-state index in [0.717, 1.165) is 27.2 Å². The molecule has 0 fully saturated rings. The van der Waals surface area contributed by atoms with Crippen LogP contribution in [0.4, 0.5) is 11.4 Å². The van der Waals surface area contributed by atoms with Crippen LogP contribution in [0.3, 0.4) is 0 Å². The molecule has 0 spiro atoms. The number of hydrogen-bond acceptors (Lipinski definition) is 4. The van der Waals surface area contributed by atoms with Gasteiger partial charge in [-0.2, -0.15) is 5.26 Å². The van der Waals surface area contributed by atoms with Gasteiger partial charge in [-0.1, -0.05) is 17.7 Å². The fourth-order valence-electron chi connectivity index (χ4n) is 2.23. The van der Waals surface area contributed by atoms with Gasteiger partial charge in [0.1, 0.15) is 6.07 Å². The number of nitrogens with one attached hydrogen (secondary N) is 1. The summed E-state index contributed by atoms with van der Waals surface area (Å²) < 4.78 is 0. The highest BCUT2D eigenvalue weighted by atomic mass is 35.5. The molecule has 0 radical (unpaired) electrons. The Morgan fingerprint density at radius 2 is 2.04 bits per heavy atom. The second-order valence-electron chi connectivity index (χ2n) is 4.68. The first-order chi connectivity index (χ1) is 10.7. The van der Waals surface area contributed by atoms with Crippen LogP contribution >= 0.6 is 35.8 Å². The minimum atomic E-state index is 0. The Morgan fingerprint density at radius 1 is 1.22 bits per heavy atom. The number of nitrogens with zero attached hydrogens (tertiary/aromatic N) is 2. The number of anilines is 2. The highest BCUT2D eigenvalue weighted by molar-refractivity contribution is 7.98. The van der Waals surface area contributed by atoms with Crippen LogP contribution in [-0.2, 0) is 0 Å². The molecule has 0 aliphatic carbocycles. The van der Waals surface area contributed by atoms with Crippen LogP contribution in [0.5, 0.6) is 0 Å². The third kappa shape index (κ3) is 3.70. The highest BCUT2D eigenvalue weighted by Gasteiger charge is 2.10. The molecule has 0 bridgehead atoms. The topological polar surface area (TPSA) is 48.7 Å². The van der Waals surface area contributed by atoms with Crippen molar-refractivity contribution in [3.63, 3.8) is 0 Å². The van der Waals surface area contributed by atoms with Gasteiger partial charge in [0.2, 0.25) is 0 Å². The van der Waals surface area contributed by atoms with E-state index in [-0.39, 0.29) is 12.4 Å². The number of hydrogen-bond donors (Lipinski definition) is 1. The van der Waals surface area contributed by atoms with Gasteiger partial charge in [0.25, 0.3) is 0 Å². The second kappa shape index (κ2) is 7.56. The SMILES string of the molecule is CSc1cccc(Nc2c(C#N)cnc3ccc(Cl)cc23)c1.Cl. The zero-order chi connectivity index (χ0) is 15.5. The maximum atomic E-state index is 9.36. The number of fused-ring (bicyclic) bond motifs is 1. The van der Waals surface area contributed by atoms with E-state index in [0.29, 0.717) is 10.6 Å². The van der Waals surface area contributed by atoms with E-state index in [9.17, 15) is 5.26 Å². The van der Waals surface area contributed by atoms with E-state index in [1.54, 1.807) is 24.0 Å². The van der Waals surface area contributed by atoms with E-state index in [1.807, 2.05) is 42.7 Å². The first kappa shape index (κ1) is 17.4. The monoisotopic (exact) mass is 361 g/mol. The maximum Gasteiger partial charge on any atom is 0.103 e. The molecule has 0 aliphatic heterocycles. The van der Waals surface area contributed by atoms with Crippen molar-refractivity contribution in [2.75, 3.05) is 11.6 Å². The smallest absolute Gasteiger partial charge is 0.103 e.